The van der Waals surface area contributed by atoms with E-state index >= 15 is 0 Å². The van der Waals surface area contributed by atoms with Crippen molar-refractivity contribution >= 4 is 66.8 Å². The predicted octanol–water partition coefficient (Wildman–Crippen LogP) is 4.83. The quantitative estimate of drug-likeness (QED) is 0.634. The van der Waals surface area contributed by atoms with Crippen LogP contribution in [-0.2, 0) is 9.59 Å². The minimum atomic E-state index is -0.151. The molecule has 0 saturated heterocycles. The molecule has 0 saturated carbocycles. The van der Waals surface area contributed by atoms with Gasteiger partial charge in [-0.3, -0.25) is 9.59 Å². The monoisotopic (exact) mass is 470 g/mol. The second kappa shape index (κ2) is 9.25. The molecule has 0 atom stereocenters. The maximum absolute atomic E-state index is 12.0. The first kappa shape index (κ1) is 19.0. The van der Waals surface area contributed by atoms with Crippen LogP contribution in [0.15, 0.2) is 51.4 Å². The van der Waals surface area contributed by atoms with Crippen LogP contribution in [-0.4, -0.2) is 23.3 Å². The molecule has 2 rings (SSSR count). The van der Waals surface area contributed by atoms with E-state index in [2.05, 4.69) is 42.5 Å². The van der Waals surface area contributed by atoms with E-state index in [-0.39, 0.29) is 23.3 Å². The number of hydrogen-bond donors (Lipinski definition) is 2. The highest BCUT2D eigenvalue weighted by molar-refractivity contribution is 9.11. The zero-order valence-corrected chi connectivity index (χ0v) is 16.9. The predicted molar refractivity (Wildman–Crippen MR) is 108 cm³/mol. The molecule has 2 N–H and O–H groups in total. The molecule has 0 spiro atoms. The van der Waals surface area contributed by atoms with Gasteiger partial charge in [0.05, 0.1) is 17.2 Å². The highest BCUT2D eigenvalue weighted by atomic mass is 79.9. The molecule has 0 aliphatic heterocycles. The van der Waals surface area contributed by atoms with Gasteiger partial charge in [-0.15, -0.1) is 11.8 Å². The minimum absolute atomic E-state index is 0.123. The first-order valence-corrected chi connectivity index (χ1v) is 9.87. The summed E-state index contributed by atoms with van der Waals surface area (Å²) >= 11 is 8.02. The maximum atomic E-state index is 12.0. The molecular formula is C17H16Br2N2O2S. The minimum Gasteiger partial charge on any atom is -0.325 e. The third kappa shape index (κ3) is 6.30. The van der Waals surface area contributed by atoms with Crippen LogP contribution in [0.5, 0.6) is 0 Å². The summed E-state index contributed by atoms with van der Waals surface area (Å²) < 4.78 is 1.69. The zero-order chi connectivity index (χ0) is 17.5. The molecule has 7 heteroatoms. The van der Waals surface area contributed by atoms with E-state index in [1.807, 2.05) is 49.4 Å². The van der Waals surface area contributed by atoms with Gasteiger partial charge in [-0.05, 0) is 58.7 Å². The molecule has 0 fully saturated rings. The highest BCUT2D eigenvalue weighted by Gasteiger charge is 2.08. The van der Waals surface area contributed by atoms with Crippen molar-refractivity contribution in [2.45, 2.75) is 6.92 Å². The van der Waals surface area contributed by atoms with Gasteiger partial charge in [-0.2, -0.15) is 0 Å². The molecule has 0 unspecified atom stereocenters. The van der Waals surface area contributed by atoms with Gasteiger partial charge in [-0.25, -0.2) is 0 Å². The van der Waals surface area contributed by atoms with Crippen molar-refractivity contribution in [1.29, 1.82) is 0 Å². The molecule has 0 heterocycles. The van der Waals surface area contributed by atoms with E-state index in [1.54, 1.807) is 0 Å². The van der Waals surface area contributed by atoms with Crippen LogP contribution >= 0.6 is 43.6 Å². The Balaban J connectivity index is 1.76. The molecule has 0 aliphatic carbocycles. The Bertz CT molecular complexity index is 753. The van der Waals surface area contributed by atoms with Crippen LogP contribution in [0.4, 0.5) is 11.4 Å². The lowest BCUT2D eigenvalue weighted by molar-refractivity contribution is -0.114. The van der Waals surface area contributed by atoms with Gasteiger partial charge in [-0.1, -0.05) is 28.1 Å². The first-order valence-electron chi connectivity index (χ1n) is 7.13. The lowest BCUT2D eigenvalue weighted by atomic mass is 10.2. The van der Waals surface area contributed by atoms with Crippen molar-refractivity contribution in [3.8, 4) is 0 Å². The van der Waals surface area contributed by atoms with Crippen molar-refractivity contribution < 1.29 is 9.59 Å². The highest BCUT2D eigenvalue weighted by Crippen LogP contribution is 2.26. The SMILES string of the molecule is Cc1cccc(NC(=O)CSCC(=O)Nc2cc(Br)ccc2Br)c1. The number of thioether (sulfide) groups is 1. The summed E-state index contributed by atoms with van der Waals surface area (Å²) in [4.78, 5) is 23.8. The summed E-state index contributed by atoms with van der Waals surface area (Å²) in [5.74, 6) is 0.158. The molecular weight excluding hydrogens is 456 g/mol. The smallest absolute Gasteiger partial charge is 0.234 e. The fraction of sp³-hybridized carbons (Fsp3) is 0.176. The van der Waals surface area contributed by atoms with Crippen LogP contribution in [0.2, 0.25) is 0 Å². The zero-order valence-electron chi connectivity index (χ0n) is 12.9. The second-order valence-corrected chi connectivity index (χ2v) is 7.84. The fourth-order valence-electron chi connectivity index (χ4n) is 1.94. The number of nitrogens with one attached hydrogen (secondary N) is 2. The molecule has 0 bridgehead atoms. The molecule has 2 aromatic rings. The van der Waals surface area contributed by atoms with Crippen molar-refractivity contribution in [3.63, 3.8) is 0 Å². The van der Waals surface area contributed by atoms with Crippen LogP contribution in [0.25, 0.3) is 0 Å². The number of rotatable bonds is 6. The van der Waals surface area contributed by atoms with Gasteiger partial charge in [0.1, 0.15) is 0 Å². The molecule has 4 nitrogen and oxygen atoms in total. The van der Waals surface area contributed by atoms with Crippen LogP contribution in [0, 0.1) is 6.92 Å². The Labute approximate surface area is 162 Å². The number of carbonyl (C=O) groups excluding carboxylic acids is 2. The van der Waals surface area contributed by atoms with Crippen LogP contribution < -0.4 is 10.6 Å². The third-order valence-corrected chi connectivity index (χ3v) is 5.09. The Morgan fingerprint density at radius 3 is 2.42 bits per heavy atom. The first-order chi connectivity index (χ1) is 11.4. The molecule has 0 aliphatic rings. The van der Waals surface area contributed by atoms with Crippen molar-refractivity contribution in [2.24, 2.45) is 0 Å². The summed E-state index contributed by atoms with van der Waals surface area (Å²) in [5.41, 5.74) is 2.54. The Morgan fingerprint density at radius 1 is 1.00 bits per heavy atom. The van der Waals surface area contributed by atoms with E-state index in [0.29, 0.717) is 5.69 Å². The summed E-state index contributed by atoms with van der Waals surface area (Å²) in [6.07, 6.45) is 0. The number of anilines is 2. The summed E-state index contributed by atoms with van der Waals surface area (Å²) in [7, 11) is 0. The summed E-state index contributed by atoms with van der Waals surface area (Å²) in [6.45, 7) is 1.97. The Kier molecular flexibility index (Phi) is 7.33. The molecule has 2 amide bonds. The van der Waals surface area contributed by atoms with Crippen LogP contribution in [0.1, 0.15) is 5.56 Å². The van der Waals surface area contributed by atoms with Gasteiger partial charge in [0.15, 0.2) is 0 Å². The average Bonchev–Trinajstić information content (AvgIpc) is 2.51. The molecule has 24 heavy (non-hydrogen) atoms. The van der Waals surface area contributed by atoms with Gasteiger partial charge >= 0.3 is 0 Å². The van der Waals surface area contributed by atoms with Crippen molar-refractivity contribution in [1.82, 2.24) is 0 Å². The fourth-order valence-corrected chi connectivity index (χ4v) is 3.26. The summed E-state index contributed by atoms with van der Waals surface area (Å²) in [5, 5.41) is 5.63. The lowest BCUT2D eigenvalue weighted by Crippen LogP contribution is -2.18. The van der Waals surface area contributed by atoms with E-state index < -0.39 is 0 Å². The van der Waals surface area contributed by atoms with Gasteiger partial charge in [0.25, 0.3) is 0 Å². The number of halogens is 2. The molecule has 0 aromatic heterocycles. The van der Waals surface area contributed by atoms with E-state index in [9.17, 15) is 9.59 Å². The van der Waals surface area contributed by atoms with Crippen LogP contribution in [0.3, 0.4) is 0 Å². The summed E-state index contributed by atoms with van der Waals surface area (Å²) in [6, 6.07) is 13.1. The number of aryl methyl sites for hydroxylation is 1. The maximum Gasteiger partial charge on any atom is 0.234 e. The van der Waals surface area contributed by atoms with E-state index in [4.69, 9.17) is 0 Å². The number of hydrogen-bond acceptors (Lipinski definition) is 3. The molecule has 2 aromatic carbocycles. The standard InChI is InChI=1S/C17H16Br2N2O2S/c1-11-3-2-4-13(7-11)20-16(22)9-24-10-17(23)21-15-8-12(18)5-6-14(15)19/h2-8H,9-10H2,1H3,(H,20,22)(H,21,23). The Hall–Kier alpha value is -1.31. The van der Waals surface area contributed by atoms with Gasteiger partial charge in [0, 0.05) is 14.6 Å². The Morgan fingerprint density at radius 2 is 1.71 bits per heavy atom. The molecule has 126 valence electrons. The van der Waals surface area contributed by atoms with Gasteiger partial charge < -0.3 is 10.6 Å². The number of amides is 2. The lowest BCUT2D eigenvalue weighted by Gasteiger charge is -2.08. The van der Waals surface area contributed by atoms with E-state index in [0.717, 1.165) is 20.2 Å². The van der Waals surface area contributed by atoms with Crippen molar-refractivity contribution in [3.05, 3.63) is 57.0 Å². The largest absolute Gasteiger partial charge is 0.325 e. The topological polar surface area (TPSA) is 58.2 Å². The van der Waals surface area contributed by atoms with Crippen molar-refractivity contribution in [2.75, 3.05) is 22.1 Å². The second-order valence-electron chi connectivity index (χ2n) is 5.08. The average molecular weight is 472 g/mol. The van der Waals surface area contributed by atoms with Gasteiger partial charge in [0.2, 0.25) is 11.8 Å². The normalized spacial score (nSPS) is 10.3. The third-order valence-electron chi connectivity index (χ3n) is 2.97. The number of carbonyl (C=O) groups is 2. The number of benzene rings is 2. The molecule has 0 radical (unpaired) electrons. The van der Waals surface area contributed by atoms with E-state index in [1.165, 1.54) is 11.8 Å².